The van der Waals surface area contributed by atoms with E-state index < -0.39 is 0 Å². The van der Waals surface area contributed by atoms with E-state index in [0.29, 0.717) is 5.82 Å². The number of hydrogen-bond acceptors (Lipinski definition) is 4. The predicted molar refractivity (Wildman–Crippen MR) is 115 cm³/mol. The van der Waals surface area contributed by atoms with E-state index in [1.54, 1.807) is 30.5 Å². The number of nitrogen functional groups attached to an aromatic ring is 1. The molecule has 0 fully saturated rings. The fourth-order valence-corrected chi connectivity index (χ4v) is 2.77. The van der Waals surface area contributed by atoms with Crippen LogP contribution in [0.4, 0.5) is 5.82 Å². The van der Waals surface area contributed by atoms with Crippen molar-refractivity contribution in [2.45, 2.75) is 41.0 Å². The zero-order chi connectivity index (χ0) is 20.4. The Morgan fingerprint density at radius 1 is 0.778 bits per heavy atom. The molecule has 0 amide bonds. The zero-order valence-corrected chi connectivity index (χ0v) is 16.8. The van der Waals surface area contributed by atoms with Crippen molar-refractivity contribution in [1.29, 1.82) is 0 Å². The molecule has 0 atom stereocenters. The summed E-state index contributed by atoms with van der Waals surface area (Å²) in [7, 11) is 0. The number of benzene rings is 2. The van der Waals surface area contributed by atoms with E-state index in [9.17, 15) is 10.2 Å². The van der Waals surface area contributed by atoms with Crippen LogP contribution in [0.2, 0.25) is 0 Å². The van der Waals surface area contributed by atoms with Gasteiger partial charge in [-0.1, -0.05) is 58.9 Å². The Morgan fingerprint density at radius 3 is 1.67 bits per heavy atom. The maximum absolute atomic E-state index is 9.49. The molecule has 0 aliphatic carbocycles. The van der Waals surface area contributed by atoms with Crippen LogP contribution in [0.3, 0.4) is 0 Å². The number of phenolic OH excluding ortho intramolecular Hbond substituents is 2. The second-order valence-electron chi connectivity index (χ2n) is 5.36. The molecular weight excluding hydrogens is 336 g/mol. The normalized spacial score (nSPS) is 9.52. The van der Waals surface area contributed by atoms with Gasteiger partial charge in [0.1, 0.15) is 17.3 Å². The van der Waals surface area contributed by atoms with Crippen molar-refractivity contribution < 1.29 is 10.2 Å². The van der Waals surface area contributed by atoms with Crippen LogP contribution >= 0.6 is 0 Å². The van der Waals surface area contributed by atoms with Crippen molar-refractivity contribution >= 4 is 5.82 Å². The molecule has 0 saturated carbocycles. The predicted octanol–water partition coefficient (Wildman–Crippen LogP) is 6.02. The first kappa shape index (κ1) is 22.0. The molecule has 4 heteroatoms. The molecule has 1 heterocycles. The quantitative estimate of drug-likeness (QED) is 0.529. The Kier molecular flexibility index (Phi) is 8.86. The highest BCUT2D eigenvalue weighted by molar-refractivity contribution is 5.84. The van der Waals surface area contributed by atoms with Gasteiger partial charge in [0.2, 0.25) is 0 Å². The number of phenols is 2. The van der Waals surface area contributed by atoms with E-state index in [-0.39, 0.29) is 11.5 Å². The van der Waals surface area contributed by atoms with Gasteiger partial charge in [-0.2, -0.15) is 0 Å². The first-order valence-corrected chi connectivity index (χ1v) is 9.46. The molecule has 0 unspecified atom stereocenters. The summed E-state index contributed by atoms with van der Waals surface area (Å²) < 4.78 is 0. The summed E-state index contributed by atoms with van der Waals surface area (Å²) in [5.74, 6) is 0.914. The Balaban J connectivity index is 0.000000855. The first-order valence-electron chi connectivity index (χ1n) is 9.46. The van der Waals surface area contributed by atoms with Crippen molar-refractivity contribution in [3.63, 3.8) is 0 Å². The molecule has 0 aliphatic heterocycles. The van der Waals surface area contributed by atoms with E-state index in [0.717, 1.165) is 34.2 Å². The second-order valence-corrected chi connectivity index (χ2v) is 5.36. The summed E-state index contributed by atoms with van der Waals surface area (Å²) >= 11 is 0. The molecule has 4 nitrogen and oxygen atoms in total. The van der Waals surface area contributed by atoms with Crippen LogP contribution in [0.5, 0.6) is 11.5 Å². The molecule has 0 radical (unpaired) electrons. The lowest BCUT2D eigenvalue weighted by Gasteiger charge is -2.16. The van der Waals surface area contributed by atoms with Crippen molar-refractivity contribution in [2.24, 2.45) is 0 Å². The SMILES string of the molecule is CC.CC.CCc1c(-c2ccc(O)cc2)cnc(N)c1-c1ccc(O)cc1. The minimum Gasteiger partial charge on any atom is -0.508 e. The average molecular weight is 367 g/mol. The van der Waals surface area contributed by atoms with Crippen LogP contribution in [0.15, 0.2) is 54.7 Å². The molecule has 0 saturated heterocycles. The van der Waals surface area contributed by atoms with Crippen LogP contribution in [-0.4, -0.2) is 15.2 Å². The minimum atomic E-state index is 0.216. The number of nitrogens with two attached hydrogens (primary N) is 1. The van der Waals surface area contributed by atoms with Gasteiger partial charge in [-0.15, -0.1) is 0 Å². The molecule has 3 aromatic rings. The number of rotatable bonds is 3. The maximum Gasteiger partial charge on any atom is 0.131 e. The van der Waals surface area contributed by atoms with Crippen molar-refractivity contribution in [1.82, 2.24) is 4.98 Å². The summed E-state index contributed by atoms with van der Waals surface area (Å²) in [6.07, 6.45) is 2.56. The molecule has 144 valence electrons. The van der Waals surface area contributed by atoms with Crippen molar-refractivity contribution in [3.8, 4) is 33.8 Å². The molecule has 3 rings (SSSR count). The van der Waals surface area contributed by atoms with E-state index >= 15 is 0 Å². The van der Waals surface area contributed by atoms with Gasteiger partial charge in [-0.05, 0) is 47.4 Å². The molecule has 0 aliphatic rings. The van der Waals surface area contributed by atoms with Gasteiger partial charge in [0.05, 0.1) is 0 Å². The van der Waals surface area contributed by atoms with Gasteiger partial charge in [-0.3, -0.25) is 0 Å². The topological polar surface area (TPSA) is 79.4 Å². The third-order valence-corrected chi connectivity index (χ3v) is 3.90. The number of pyridine rings is 1. The molecule has 1 aromatic heterocycles. The van der Waals surface area contributed by atoms with Crippen LogP contribution in [0, 0.1) is 0 Å². The third-order valence-electron chi connectivity index (χ3n) is 3.90. The minimum absolute atomic E-state index is 0.216. The van der Waals surface area contributed by atoms with Crippen LogP contribution in [0.25, 0.3) is 22.3 Å². The Morgan fingerprint density at radius 2 is 1.22 bits per heavy atom. The van der Waals surface area contributed by atoms with Gasteiger partial charge in [0.25, 0.3) is 0 Å². The average Bonchev–Trinajstić information content (AvgIpc) is 2.72. The van der Waals surface area contributed by atoms with Gasteiger partial charge in [0.15, 0.2) is 0 Å². The Bertz CT molecular complexity index is 826. The summed E-state index contributed by atoms with van der Waals surface area (Å²) in [5.41, 5.74) is 11.0. The molecule has 27 heavy (non-hydrogen) atoms. The first-order chi connectivity index (χ1) is 13.1. The highest BCUT2D eigenvalue weighted by Crippen LogP contribution is 2.36. The lowest BCUT2D eigenvalue weighted by atomic mass is 9.92. The largest absolute Gasteiger partial charge is 0.508 e. The van der Waals surface area contributed by atoms with E-state index in [1.807, 2.05) is 52.0 Å². The summed E-state index contributed by atoms with van der Waals surface area (Å²) in [4.78, 5) is 4.34. The maximum atomic E-state index is 9.49. The fraction of sp³-hybridized carbons (Fsp3) is 0.261. The monoisotopic (exact) mass is 366 g/mol. The van der Waals surface area contributed by atoms with Gasteiger partial charge in [-0.25, -0.2) is 4.98 Å². The van der Waals surface area contributed by atoms with Gasteiger partial charge >= 0.3 is 0 Å². The number of nitrogens with zero attached hydrogens (tertiary/aromatic N) is 1. The summed E-state index contributed by atoms with van der Waals surface area (Å²) in [6.45, 7) is 10.1. The number of hydrogen-bond donors (Lipinski definition) is 3. The summed E-state index contributed by atoms with van der Waals surface area (Å²) in [5, 5.41) is 19.0. The Hall–Kier alpha value is -3.01. The highest BCUT2D eigenvalue weighted by atomic mass is 16.3. The number of aromatic nitrogens is 1. The van der Waals surface area contributed by atoms with E-state index in [1.165, 1.54) is 0 Å². The molecule has 2 aromatic carbocycles. The fourth-order valence-electron chi connectivity index (χ4n) is 2.77. The number of anilines is 1. The van der Waals surface area contributed by atoms with Gasteiger partial charge in [0, 0.05) is 17.3 Å². The molecule has 4 N–H and O–H groups in total. The number of aromatic hydroxyl groups is 2. The third kappa shape index (κ3) is 5.23. The standard InChI is InChI=1S/C19H18N2O2.2C2H6/c1-2-16-17(12-3-7-14(22)8-4-12)11-21-19(20)18(16)13-5-9-15(23)10-6-13;2*1-2/h3-11,22-23H,2H2,1H3,(H2,20,21);2*1-2H3. The highest BCUT2D eigenvalue weighted by Gasteiger charge is 2.15. The van der Waals surface area contributed by atoms with E-state index in [2.05, 4.69) is 11.9 Å². The Labute approximate surface area is 162 Å². The zero-order valence-electron chi connectivity index (χ0n) is 16.8. The molecule has 0 spiro atoms. The molecule has 0 bridgehead atoms. The smallest absolute Gasteiger partial charge is 0.131 e. The van der Waals surface area contributed by atoms with Crippen LogP contribution in [0.1, 0.15) is 40.2 Å². The molecular formula is C23H30N2O2. The van der Waals surface area contributed by atoms with E-state index in [4.69, 9.17) is 5.73 Å². The second kappa shape index (κ2) is 10.9. The van der Waals surface area contributed by atoms with Crippen molar-refractivity contribution in [2.75, 3.05) is 5.73 Å². The van der Waals surface area contributed by atoms with Gasteiger partial charge < -0.3 is 15.9 Å². The van der Waals surface area contributed by atoms with Crippen molar-refractivity contribution in [3.05, 3.63) is 60.3 Å². The van der Waals surface area contributed by atoms with Crippen LogP contribution < -0.4 is 5.73 Å². The summed E-state index contributed by atoms with van der Waals surface area (Å²) in [6, 6.07) is 14.0. The van der Waals surface area contributed by atoms with Crippen LogP contribution in [-0.2, 0) is 6.42 Å². The lowest BCUT2D eigenvalue weighted by molar-refractivity contribution is 0.475. The lowest BCUT2D eigenvalue weighted by Crippen LogP contribution is -2.01.